The van der Waals surface area contributed by atoms with Gasteiger partial charge in [-0.15, -0.1) is 0 Å². The van der Waals surface area contributed by atoms with Crippen LogP contribution < -0.4 is 11.3 Å². The number of hydrazine groups is 1. The first-order valence-corrected chi connectivity index (χ1v) is 7.20. The van der Waals surface area contributed by atoms with E-state index in [1.807, 2.05) is 24.5 Å². The Kier molecular flexibility index (Phi) is 4.74. The van der Waals surface area contributed by atoms with Gasteiger partial charge in [-0.25, -0.2) is 10.4 Å². The first-order valence-electron chi connectivity index (χ1n) is 6.41. The van der Waals surface area contributed by atoms with Gasteiger partial charge < -0.3 is 4.57 Å². The number of aromatic nitrogens is 2. The van der Waals surface area contributed by atoms with Crippen molar-refractivity contribution in [3.63, 3.8) is 0 Å². The lowest BCUT2D eigenvalue weighted by Crippen LogP contribution is -2.31. The van der Waals surface area contributed by atoms with E-state index in [9.17, 15) is 0 Å². The Labute approximate surface area is 122 Å². The molecule has 0 aliphatic carbocycles. The highest BCUT2D eigenvalue weighted by atomic mass is 79.9. The van der Waals surface area contributed by atoms with E-state index < -0.39 is 0 Å². The van der Waals surface area contributed by atoms with Crippen molar-refractivity contribution in [1.29, 1.82) is 0 Å². The number of aryl methyl sites for hydroxylation is 1. The van der Waals surface area contributed by atoms with Gasteiger partial charge >= 0.3 is 0 Å². The number of halogens is 1. The number of nitrogens with two attached hydrogens (primary N) is 1. The average molecular weight is 323 g/mol. The molecule has 0 bridgehead atoms. The molecular formula is C14H19BrN4. The van der Waals surface area contributed by atoms with Gasteiger partial charge in [-0.2, -0.15) is 0 Å². The Hall–Kier alpha value is -1.17. The second-order valence-electron chi connectivity index (χ2n) is 4.53. The van der Waals surface area contributed by atoms with Gasteiger partial charge in [-0.05, 0) is 30.5 Å². The number of hydrogen-bond donors (Lipinski definition) is 2. The number of hydrogen-bond acceptors (Lipinski definition) is 3. The van der Waals surface area contributed by atoms with Gasteiger partial charge in [0.1, 0.15) is 11.9 Å². The Balaban J connectivity index is 2.44. The van der Waals surface area contributed by atoms with Crippen LogP contribution in [0.3, 0.4) is 0 Å². The molecule has 2 rings (SSSR count). The maximum absolute atomic E-state index is 5.76. The van der Waals surface area contributed by atoms with Crippen molar-refractivity contribution in [2.24, 2.45) is 5.84 Å². The van der Waals surface area contributed by atoms with Gasteiger partial charge in [0, 0.05) is 23.4 Å². The Morgan fingerprint density at radius 1 is 1.47 bits per heavy atom. The molecule has 0 aliphatic rings. The smallest absolute Gasteiger partial charge is 0.131 e. The zero-order valence-corrected chi connectivity index (χ0v) is 12.8. The molecule has 0 radical (unpaired) electrons. The second kappa shape index (κ2) is 6.32. The van der Waals surface area contributed by atoms with Crippen LogP contribution in [-0.2, 0) is 6.54 Å². The number of nitrogens with one attached hydrogen (secondary N) is 1. The molecule has 102 valence electrons. The summed E-state index contributed by atoms with van der Waals surface area (Å²) in [5.74, 6) is 6.71. The van der Waals surface area contributed by atoms with Gasteiger partial charge in [-0.1, -0.05) is 35.0 Å². The number of imidazole rings is 1. The summed E-state index contributed by atoms with van der Waals surface area (Å²) in [5.41, 5.74) is 5.20. The summed E-state index contributed by atoms with van der Waals surface area (Å²) in [4.78, 5) is 4.46. The summed E-state index contributed by atoms with van der Waals surface area (Å²) in [6, 6.07) is 6.03. The highest BCUT2D eigenvalue weighted by Gasteiger charge is 2.20. The standard InChI is InChI=1S/C14H19BrN4/c1-3-8-19-9-7-17-14(19)13(18-16)11-5-4-6-12(15)10(11)2/h4-7,9,13,18H,3,8,16H2,1-2H3. The van der Waals surface area contributed by atoms with Crippen LogP contribution in [0.25, 0.3) is 0 Å². The summed E-state index contributed by atoms with van der Waals surface area (Å²) in [6.07, 6.45) is 4.89. The number of benzene rings is 1. The van der Waals surface area contributed by atoms with Crippen LogP contribution in [0.15, 0.2) is 35.1 Å². The van der Waals surface area contributed by atoms with Crippen LogP contribution in [0.2, 0.25) is 0 Å². The van der Waals surface area contributed by atoms with Gasteiger partial charge in [-0.3, -0.25) is 5.84 Å². The molecule has 0 aliphatic heterocycles. The van der Waals surface area contributed by atoms with Crippen molar-refractivity contribution in [2.75, 3.05) is 0 Å². The highest BCUT2D eigenvalue weighted by molar-refractivity contribution is 9.10. The summed E-state index contributed by atoms with van der Waals surface area (Å²) in [6.45, 7) is 5.18. The van der Waals surface area contributed by atoms with E-state index in [1.54, 1.807) is 0 Å². The lowest BCUT2D eigenvalue weighted by molar-refractivity contribution is 0.543. The lowest BCUT2D eigenvalue weighted by Gasteiger charge is -2.20. The molecule has 1 atom stereocenters. The van der Waals surface area contributed by atoms with Gasteiger partial charge in [0.05, 0.1) is 0 Å². The molecule has 0 spiro atoms. The maximum atomic E-state index is 5.76. The molecule has 0 fully saturated rings. The van der Waals surface area contributed by atoms with Crippen LogP contribution >= 0.6 is 15.9 Å². The Morgan fingerprint density at radius 2 is 2.26 bits per heavy atom. The van der Waals surface area contributed by atoms with Crippen LogP contribution in [0, 0.1) is 6.92 Å². The minimum Gasteiger partial charge on any atom is -0.333 e. The first-order chi connectivity index (χ1) is 9.19. The van der Waals surface area contributed by atoms with Crippen LogP contribution in [-0.4, -0.2) is 9.55 Å². The minimum absolute atomic E-state index is 0.0981. The van der Waals surface area contributed by atoms with E-state index in [-0.39, 0.29) is 6.04 Å². The Bertz CT molecular complexity index is 550. The van der Waals surface area contributed by atoms with Crippen molar-refractivity contribution in [3.8, 4) is 0 Å². The average Bonchev–Trinajstić information content (AvgIpc) is 2.84. The lowest BCUT2D eigenvalue weighted by atomic mass is 10.0. The maximum Gasteiger partial charge on any atom is 0.131 e. The fraction of sp³-hybridized carbons (Fsp3) is 0.357. The quantitative estimate of drug-likeness (QED) is 0.657. The van der Waals surface area contributed by atoms with Crippen molar-refractivity contribution in [1.82, 2.24) is 15.0 Å². The van der Waals surface area contributed by atoms with Crippen LogP contribution in [0.4, 0.5) is 0 Å². The summed E-state index contributed by atoms with van der Waals surface area (Å²) < 4.78 is 3.23. The predicted octanol–water partition coefficient (Wildman–Crippen LogP) is 2.92. The fourth-order valence-corrected chi connectivity index (χ4v) is 2.63. The highest BCUT2D eigenvalue weighted by Crippen LogP contribution is 2.27. The first kappa shape index (κ1) is 14.2. The Morgan fingerprint density at radius 3 is 2.95 bits per heavy atom. The van der Waals surface area contributed by atoms with Crippen molar-refractivity contribution in [3.05, 3.63) is 52.0 Å². The zero-order chi connectivity index (χ0) is 13.8. The minimum atomic E-state index is -0.0981. The third kappa shape index (κ3) is 2.88. The molecule has 1 unspecified atom stereocenters. The largest absolute Gasteiger partial charge is 0.333 e. The molecule has 0 amide bonds. The molecule has 0 saturated heterocycles. The van der Waals surface area contributed by atoms with Crippen molar-refractivity contribution < 1.29 is 0 Å². The molecule has 1 aromatic heterocycles. The molecule has 1 aromatic carbocycles. The molecule has 0 saturated carbocycles. The number of rotatable bonds is 5. The summed E-state index contributed by atoms with van der Waals surface area (Å²) >= 11 is 3.56. The normalized spacial score (nSPS) is 12.6. The second-order valence-corrected chi connectivity index (χ2v) is 5.39. The topological polar surface area (TPSA) is 55.9 Å². The van der Waals surface area contributed by atoms with E-state index in [0.29, 0.717) is 0 Å². The van der Waals surface area contributed by atoms with Gasteiger partial charge in [0.2, 0.25) is 0 Å². The number of nitrogens with zero attached hydrogens (tertiary/aromatic N) is 2. The van der Waals surface area contributed by atoms with Crippen molar-refractivity contribution >= 4 is 15.9 Å². The van der Waals surface area contributed by atoms with E-state index in [1.165, 1.54) is 5.56 Å². The fourth-order valence-electron chi connectivity index (χ4n) is 2.25. The van der Waals surface area contributed by atoms with E-state index in [2.05, 4.69) is 50.8 Å². The third-order valence-electron chi connectivity index (χ3n) is 3.26. The molecule has 2 aromatic rings. The molecule has 5 heteroatoms. The SMILES string of the molecule is CCCn1ccnc1C(NN)c1cccc(Br)c1C. The van der Waals surface area contributed by atoms with E-state index >= 15 is 0 Å². The summed E-state index contributed by atoms with van der Waals surface area (Å²) in [5, 5.41) is 0. The molecule has 1 heterocycles. The van der Waals surface area contributed by atoms with Gasteiger partial charge in [0.25, 0.3) is 0 Å². The monoisotopic (exact) mass is 322 g/mol. The molecule has 4 nitrogen and oxygen atoms in total. The molecular weight excluding hydrogens is 304 g/mol. The predicted molar refractivity (Wildman–Crippen MR) is 80.6 cm³/mol. The van der Waals surface area contributed by atoms with Gasteiger partial charge in [0.15, 0.2) is 0 Å². The van der Waals surface area contributed by atoms with E-state index in [4.69, 9.17) is 5.84 Å². The summed E-state index contributed by atoms with van der Waals surface area (Å²) in [7, 11) is 0. The van der Waals surface area contributed by atoms with E-state index in [0.717, 1.165) is 28.8 Å². The van der Waals surface area contributed by atoms with Crippen molar-refractivity contribution in [2.45, 2.75) is 32.9 Å². The molecule has 19 heavy (non-hydrogen) atoms. The zero-order valence-electron chi connectivity index (χ0n) is 11.2. The van der Waals surface area contributed by atoms with Crippen LogP contribution in [0.1, 0.15) is 36.3 Å². The molecule has 3 N–H and O–H groups in total. The third-order valence-corrected chi connectivity index (χ3v) is 4.12. The van der Waals surface area contributed by atoms with Crippen LogP contribution in [0.5, 0.6) is 0 Å².